The summed E-state index contributed by atoms with van der Waals surface area (Å²) in [5, 5.41) is 13.9. The van der Waals surface area contributed by atoms with E-state index >= 15 is 0 Å². The van der Waals surface area contributed by atoms with E-state index < -0.39 is 15.6 Å². The van der Waals surface area contributed by atoms with Crippen LogP contribution in [-0.4, -0.2) is 49.6 Å². The Bertz CT molecular complexity index is 674. The number of nitrogens with one attached hydrogen (secondary N) is 1. The molecule has 0 spiro atoms. The van der Waals surface area contributed by atoms with Crippen LogP contribution in [0.15, 0.2) is 23.1 Å². The van der Waals surface area contributed by atoms with Gasteiger partial charge in [0.15, 0.2) is 0 Å². The lowest BCUT2D eigenvalue weighted by Gasteiger charge is -2.47. The van der Waals surface area contributed by atoms with Crippen molar-refractivity contribution in [3.05, 3.63) is 29.3 Å². The van der Waals surface area contributed by atoms with E-state index in [1.54, 1.807) is 10.4 Å². The molecule has 0 aromatic heterocycles. The first-order chi connectivity index (χ1) is 10.3. The van der Waals surface area contributed by atoms with Crippen LogP contribution in [-0.2, 0) is 10.0 Å². The molecule has 5 nitrogen and oxygen atoms in total. The maximum absolute atomic E-state index is 13.0. The van der Waals surface area contributed by atoms with E-state index in [9.17, 15) is 13.5 Å². The highest BCUT2D eigenvalue weighted by molar-refractivity contribution is 7.89. The van der Waals surface area contributed by atoms with Crippen molar-refractivity contribution in [3.8, 4) is 0 Å². The number of aryl methyl sites for hydroxylation is 2. The second-order valence-corrected chi connectivity index (χ2v) is 8.54. The SMILES string of the molecule is Cc1ccc(C)c(S(=O)(=O)N2CC[C@@]3(O)CCNC[C@H]3C2)c1. The third-order valence-corrected chi connectivity index (χ3v) is 7.07. The Morgan fingerprint density at radius 1 is 1.32 bits per heavy atom. The number of aliphatic hydroxyl groups is 1. The summed E-state index contributed by atoms with van der Waals surface area (Å²) < 4.78 is 27.5. The molecule has 0 radical (unpaired) electrons. The van der Waals surface area contributed by atoms with Gasteiger partial charge < -0.3 is 10.4 Å². The molecule has 2 N–H and O–H groups in total. The summed E-state index contributed by atoms with van der Waals surface area (Å²) in [5.74, 6) is -0.0325. The molecule has 0 aliphatic carbocycles. The average molecular weight is 324 g/mol. The first-order valence-corrected chi connectivity index (χ1v) is 9.27. The molecule has 0 unspecified atom stereocenters. The zero-order chi connectivity index (χ0) is 16.0. The fraction of sp³-hybridized carbons (Fsp3) is 0.625. The van der Waals surface area contributed by atoms with Gasteiger partial charge in [-0.1, -0.05) is 12.1 Å². The van der Waals surface area contributed by atoms with Crippen molar-refractivity contribution in [2.24, 2.45) is 5.92 Å². The third-order valence-electron chi connectivity index (χ3n) is 5.06. The summed E-state index contributed by atoms with van der Waals surface area (Å²) >= 11 is 0. The molecular weight excluding hydrogens is 300 g/mol. The number of hydrogen-bond acceptors (Lipinski definition) is 4. The van der Waals surface area contributed by atoms with Gasteiger partial charge in [-0.3, -0.25) is 0 Å². The van der Waals surface area contributed by atoms with Gasteiger partial charge in [-0.25, -0.2) is 8.42 Å². The van der Waals surface area contributed by atoms with Crippen LogP contribution in [0.1, 0.15) is 24.0 Å². The first kappa shape index (κ1) is 15.9. The summed E-state index contributed by atoms with van der Waals surface area (Å²) in [6.07, 6.45) is 1.22. The number of hydrogen-bond donors (Lipinski definition) is 2. The highest BCUT2D eigenvalue weighted by Crippen LogP contribution is 2.35. The van der Waals surface area contributed by atoms with E-state index in [-0.39, 0.29) is 5.92 Å². The van der Waals surface area contributed by atoms with Crippen LogP contribution < -0.4 is 5.32 Å². The fourth-order valence-corrected chi connectivity index (χ4v) is 5.33. The molecule has 0 amide bonds. The van der Waals surface area contributed by atoms with Gasteiger partial charge in [-0.2, -0.15) is 4.31 Å². The first-order valence-electron chi connectivity index (χ1n) is 7.83. The molecule has 6 heteroatoms. The fourth-order valence-electron chi connectivity index (χ4n) is 3.54. The molecule has 2 aliphatic rings. The third kappa shape index (κ3) is 2.69. The van der Waals surface area contributed by atoms with Crippen molar-refractivity contribution in [1.82, 2.24) is 9.62 Å². The maximum Gasteiger partial charge on any atom is 0.243 e. The normalized spacial score (nSPS) is 30.0. The highest BCUT2D eigenvalue weighted by atomic mass is 32.2. The molecule has 0 bridgehead atoms. The second-order valence-electron chi connectivity index (χ2n) is 6.64. The lowest BCUT2D eigenvalue weighted by atomic mass is 9.77. The van der Waals surface area contributed by atoms with Crippen molar-refractivity contribution < 1.29 is 13.5 Å². The van der Waals surface area contributed by atoms with Crippen LogP contribution in [0.5, 0.6) is 0 Å². The smallest absolute Gasteiger partial charge is 0.243 e. The van der Waals surface area contributed by atoms with Crippen LogP contribution in [0.2, 0.25) is 0 Å². The quantitative estimate of drug-likeness (QED) is 0.853. The zero-order valence-corrected chi connectivity index (χ0v) is 14.0. The van der Waals surface area contributed by atoms with Crippen LogP contribution in [0.3, 0.4) is 0 Å². The van der Waals surface area contributed by atoms with Crippen molar-refractivity contribution in [2.45, 2.75) is 37.2 Å². The molecule has 2 heterocycles. The Hall–Kier alpha value is -0.950. The lowest BCUT2D eigenvalue weighted by molar-refractivity contribution is -0.0744. The molecule has 0 saturated carbocycles. The zero-order valence-electron chi connectivity index (χ0n) is 13.2. The maximum atomic E-state index is 13.0. The van der Waals surface area contributed by atoms with Gasteiger partial charge >= 0.3 is 0 Å². The molecule has 1 aromatic carbocycles. The average Bonchev–Trinajstić information content (AvgIpc) is 2.48. The minimum Gasteiger partial charge on any atom is -0.389 e. The number of rotatable bonds is 2. The molecule has 2 atom stereocenters. The van der Waals surface area contributed by atoms with E-state index in [1.165, 1.54) is 0 Å². The predicted molar refractivity (Wildman–Crippen MR) is 85.2 cm³/mol. The largest absolute Gasteiger partial charge is 0.389 e. The number of sulfonamides is 1. The van der Waals surface area contributed by atoms with Crippen LogP contribution in [0, 0.1) is 19.8 Å². The molecule has 2 aliphatic heterocycles. The number of nitrogens with zero attached hydrogens (tertiary/aromatic N) is 1. The Balaban J connectivity index is 1.89. The number of piperidine rings is 2. The van der Waals surface area contributed by atoms with Gasteiger partial charge in [0, 0.05) is 25.6 Å². The standard InChI is InChI=1S/C16H24N2O3S/c1-12-3-4-13(2)15(9-12)22(20,21)18-8-6-16(19)5-7-17-10-14(16)11-18/h3-4,9,14,17,19H,5-8,10-11H2,1-2H3/t14-,16-/m0/s1. The van der Waals surface area contributed by atoms with E-state index in [4.69, 9.17) is 0 Å². The van der Waals surface area contributed by atoms with Crippen molar-refractivity contribution in [2.75, 3.05) is 26.2 Å². The summed E-state index contributed by atoms with van der Waals surface area (Å²) in [6.45, 7) is 5.99. The van der Waals surface area contributed by atoms with Gasteiger partial charge in [0.2, 0.25) is 10.0 Å². The van der Waals surface area contributed by atoms with Gasteiger partial charge in [0.05, 0.1) is 10.5 Å². The Labute approximate surface area is 132 Å². The molecule has 2 fully saturated rings. The molecule has 2 saturated heterocycles. The predicted octanol–water partition coefficient (Wildman–Crippen LogP) is 1.04. The molecule has 3 rings (SSSR count). The van der Waals surface area contributed by atoms with E-state index in [0.717, 1.165) is 17.7 Å². The molecule has 1 aromatic rings. The Kier molecular flexibility index (Phi) is 4.05. The van der Waals surface area contributed by atoms with Crippen LogP contribution in [0.4, 0.5) is 0 Å². The molecule has 22 heavy (non-hydrogen) atoms. The van der Waals surface area contributed by atoms with Gasteiger partial charge in [0.1, 0.15) is 0 Å². The van der Waals surface area contributed by atoms with Gasteiger partial charge in [-0.05, 0) is 50.4 Å². The van der Waals surface area contributed by atoms with Gasteiger partial charge in [0.25, 0.3) is 0 Å². The van der Waals surface area contributed by atoms with Crippen molar-refractivity contribution >= 4 is 10.0 Å². The van der Waals surface area contributed by atoms with E-state index in [0.29, 0.717) is 37.4 Å². The van der Waals surface area contributed by atoms with E-state index in [2.05, 4.69) is 5.32 Å². The monoisotopic (exact) mass is 324 g/mol. The number of fused-ring (bicyclic) bond motifs is 1. The van der Waals surface area contributed by atoms with E-state index in [1.807, 2.05) is 26.0 Å². The lowest BCUT2D eigenvalue weighted by Crippen LogP contribution is -2.59. The van der Waals surface area contributed by atoms with Crippen molar-refractivity contribution in [3.63, 3.8) is 0 Å². The van der Waals surface area contributed by atoms with Crippen LogP contribution >= 0.6 is 0 Å². The Morgan fingerprint density at radius 3 is 2.86 bits per heavy atom. The molecule has 122 valence electrons. The van der Waals surface area contributed by atoms with Gasteiger partial charge in [-0.15, -0.1) is 0 Å². The summed E-state index contributed by atoms with van der Waals surface area (Å²) in [6, 6.07) is 5.52. The van der Waals surface area contributed by atoms with Crippen molar-refractivity contribution in [1.29, 1.82) is 0 Å². The highest BCUT2D eigenvalue weighted by Gasteiger charge is 2.45. The summed E-state index contributed by atoms with van der Waals surface area (Å²) in [7, 11) is -3.50. The second kappa shape index (κ2) is 5.60. The minimum absolute atomic E-state index is 0.0325. The van der Waals surface area contributed by atoms with Crippen LogP contribution in [0.25, 0.3) is 0 Å². The number of benzene rings is 1. The molecular formula is C16H24N2O3S. The summed E-state index contributed by atoms with van der Waals surface area (Å²) in [4.78, 5) is 0.390. The minimum atomic E-state index is -3.50. The Morgan fingerprint density at radius 2 is 2.09 bits per heavy atom. The topological polar surface area (TPSA) is 69.6 Å². The summed E-state index contributed by atoms with van der Waals surface area (Å²) in [5.41, 5.74) is 1.00.